The first-order chi connectivity index (χ1) is 14.6. The predicted octanol–water partition coefficient (Wildman–Crippen LogP) is 5.31. The SMILES string of the molecule is CCCCc1noc(CN2CCC3(CC2)CC3c2nc(-c3cccc(Cl)c3)no2)n1.Cl. The Bertz CT molecular complexity index is 1010. The van der Waals surface area contributed by atoms with Gasteiger partial charge in [0, 0.05) is 22.9 Å². The fraction of sp³-hybridized carbons (Fsp3) is 0.545. The number of aryl methyl sites for hydroxylation is 1. The number of unbranched alkanes of at least 4 members (excludes halogenated alkanes) is 1. The van der Waals surface area contributed by atoms with Gasteiger partial charge in [0.25, 0.3) is 0 Å². The predicted molar refractivity (Wildman–Crippen MR) is 119 cm³/mol. The van der Waals surface area contributed by atoms with Crippen molar-refractivity contribution >= 4 is 24.0 Å². The lowest BCUT2D eigenvalue weighted by atomic mass is 9.91. The highest BCUT2D eigenvalue weighted by Crippen LogP contribution is 2.64. The Morgan fingerprint density at radius 3 is 2.77 bits per heavy atom. The van der Waals surface area contributed by atoms with Crippen LogP contribution in [0, 0.1) is 5.41 Å². The third-order valence-electron chi connectivity index (χ3n) is 6.49. The van der Waals surface area contributed by atoms with Crippen molar-refractivity contribution in [3.05, 3.63) is 46.9 Å². The van der Waals surface area contributed by atoms with E-state index in [4.69, 9.17) is 20.6 Å². The standard InChI is InChI=1S/C22H26ClN5O2.ClH/c1-2-3-7-18-24-19(29-26-18)14-28-10-8-22(9-11-28)13-17(22)21-25-20(27-30-21)15-5-4-6-16(23)12-15;/h4-6,12,17H,2-3,7-11,13-14H2,1H3;1H. The highest BCUT2D eigenvalue weighted by atomic mass is 35.5. The maximum absolute atomic E-state index is 6.08. The minimum atomic E-state index is 0. The third-order valence-corrected chi connectivity index (χ3v) is 6.72. The lowest BCUT2D eigenvalue weighted by molar-refractivity contribution is 0.144. The molecule has 2 aliphatic rings. The Balaban J connectivity index is 0.00000231. The van der Waals surface area contributed by atoms with Gasteiger partial charge in [-0.3, -0.25) is 4.90 Å². The molecule has 9 heteroatoms. The van der Waals surface area contributed by atoms with Crippen molar-refractivity contribution < 1.29 is 9.05 Å². The van der Waals surface area contributed by atoms with E-state index in [-0.39, 0.29) is 12.4 Å². The first kappa shape index (κ1) is 22.2. The topological polar surface area (TPSA) is 81.1 Å². The van der Waals surface area contributed by atoms with Gasteiger partial charge in [0.15, 0.2) is 5.82 Å². The summed E-state index contributed by atoms with van der Waals surface area (Å²) >= 11 is 6.08. The van der Waals surface area contributed by atoms with E-state index >= 15 is 0 Å². The maximum Gasteiger partial charge on any atom is 0.240 e. The monoisotopic (exact) mass is 463 g/mol. The lowest BCUT2D eigenvalue weighted by Gasteiger charge is -2.31. The van der Waals surface area contributed by atoms with E-state index in [1.165, 1.54) is 0 Å². The van der Waals surface area contributed by atoms with Crippen LogP contribution in [-0.2, 0) is 13.0 Å². The molecule has 5 rings (SSSR count). The zero-order valence-electron chi connectivity index (χ0n) is 17.6. The molecule has 0 bridgehead atoms. The van der Waals surface area contributed by atoms with Crippen molar-refractivity contribution in [1.29, 1.82) is 0 Å². The summed E-state index contributed by atoms with van der Waals surface area (Å²) in [5.74, 6) is 3.30. The van der Waals surface area contributed by atoms with Gasteiger partial charge in [-0.25, -0.2) is 0 Å². The maximum atomic E-state index is 6.08. The molecular formula is C22H27Cl2N5O2. The summed E-state index contributed by atoms with van der Waals surface area (Å²) in [7, 11) is 0. The highest BCUT2D eigenvalue weighted by molar-refractivity contribution is 6.30. The van der Waals surface area contributed by atoms with E-state index in [1.54, 1.807) is 0 Å². The van der Waals surface area contributed by atoms with Crippen LogP contribution in [0.2, 0.25) is 5.02 Å². The fourth-order valence-corrected chi connectivity index (χ4v) is 4.70. The molecule has 1 spiro atoms. The van der Waals surface area contributed by atoms with Crippen LogP contribution in [0.15, 0.2) is 33.3 Å². The van der Waals surface area contributed by atoms with Crippen LogP contribution >= 0.6 is 24.0 Å². The molecule has 166 valence electrons. The Morgan fingerprint density at radius 2 is 2.00 bits per heavy atom. The molecule has 1 aromatic carbocycles. The molecule has 31 heavy (non-hydrogen) atoms. The van der Waals surface area contributed by atoms with Crippen LogP contribution in [0.3, 0.4) is 0 Å². The van der Waals surface area contributed by atoms with Gasteiger partial charge in [0.2, 0.25) is 17.6 Å². The van der Waals surface area contributed by atoms with E-state index in [1.807, 2.05) is 24.3 Å². The number of rotatable bonds is 7. The Labute approximate surface area is 192 Å². The van der Waals surface area contributed by atoms with Crippen LogP contribution in [0.5, 0.6) is 0 Å². The molecule has 0 amide bonds. The molecule has 7 nitrogen and oxygen atoms in total. The Kier molecular flexibility index (Phi) is 6.65. The van der Waals surface area contributed by atoms with E-state index in [9.17, 15) is 0 Å². The third kappa shape index (κ3) is 4.78. The smallest absolute Gasteiger partial charge is 0.240 e. The van der Waals surface area contributed by atoms with Gasteiger partial charge in [0.1, 0.15) is 0 Å². The lowest BCUT2D eigenvalue weighted by Crippen LogP contribution is -2.34. The van der Waals surface area contributed by atoms with Crippen molar-refractivity contribution in [2.75, 3.05) is 13.1 Å². The van der Waals surface area contributed by atoms with Crippen molar-refractivity contribution in [3.8, 4) is 11.4 Å². The molecule has 1 unspecified atom stereocenters. The number of piperidine rings is 1. The molecule has 1 aliphatic heterocycles. The van der Waals surface area contributed by atoms with Crippen LogP contribution in [0.4, 0.5) is 0 Å². The largest absolute Gasteiger partial charge is 0.339 e. The van der Waals surface area contributed by atoms with Gasteiger partial charge in [-0.15, -0.1) is 12.4 Å². The normalized spacial score (nSPS) is 20.0. The molecule has 1 saturated carbocycles. The molecule has 1 saturated heterocycles. The average Bonchev–Trinajstić information content (AvgIpc) is 3.11. The number of hydrogen-bond donors (Lipinski definition) is 0. The van der Waals surface area contributed by atoms with Crippen molar-refractivity contribution in [2.24, 2.45) is 5.41 Å². The molecule has 1 atom stereocenters. The van der Waals surface area contributed by atoms with Crippen molar-refractivity contribution in [2.45, 2.75) is 57.9 Å². The summed E-state index contributed by atoms with van der Waals surface area (Å²) < 4.78 is 11.0. The van der Waals surface area contributed by atoms with Gasteiger partial charge < -0.3 is 9.05 Å². The summed E-state index contributed by atoms with van der Waals surface area (Å²) in [4.78, 5) is 11.6. The second-order valence-electron chi connectivity index (χ2n) is 8.57. The summed E-state index contributed by atoms with van der Waals surface area (Å²) in [6.45, 7) is 4.96. The summed E-state index contributed by atoms with van der Waals surface area (Å²) in [6.07, 6.45) is 6.51. The van der Waals surface area contributed by atoms with Crippen LogP contribution < -0.4 is 0 Å². The first-order valence-electron chi connectivity index (χ1n) is 10.8. The van der Waals surface area contributed by atoms with Gasteiger partial charge in [0.05, 0.1) is 6.54 Å². The zero-order valence-corrected chi connectivity index (χ0v) is 19.2. The molecule has 2 aromatic heterocycles. The van der Waals surface area contributed by atoms with E-state index in [2.05, 4.69) is 32.1 Å². The quantitative estimate of drug-likeness (QED) is 0.469. The van der Waals surface area contributed by atoms with Crippen LogP contribution in [0.25, 0.3) is 11.4 Å². The Morgan fingerprint density at radius 1 is 1.16 bits per heavy atom. The molecule has 3 heterocycles. The number of hydrogen-bond acceptors (Lipinski definition) is 7. The molecule has 1 aliphatic carbocycles. The molecule has 0 radical (unpaired) electrons. The van der Waals surface area contributed by atoms with Crippen molar-refractivity contribution in [3.63, 3.8) is 0 Å². The average molecular weight is 464 g/mol. The number of halogens is 2. The number of likely N-dealkylation sites (tertiary alicyclic amines) is 1. The second-order valence-corrected chi connectivity index (χ2v) is 9.01. The van der Waals surface area contributed by atoms with Crippen LogP contribution in [-0.4, -0.2) is 38.3 Å². The fourth-order valence-electron chi connectivity index (χ4n) is 4.51. The Hall–Kier alpha value is -1.96. The minimum absolute atomic E-state index is 0. The van der Waals surface area contributed by atoms with E-state index in [0.717, 1.165) is 81.3 Å². The van der Waals surface area contributed by atoms with E-state index in [0.29, 0.717) is 22.2 Å². The van der Waals surface area contributed by atoms with Gasteiger partial charge >= 0.3 is 0 Å². The van der Waals surface area contributed by atoms with E-state index < -0.39 is 0 Å². The zero-order chi connectivity index (χ0) is 20.6. The van der Waals surface area contributed by atoms with Crippen molar-refractivity contribution in [1.82, 2.24) is 25.2 Å². The molecule has 0 N–H and O–H groups in total. The second kappa shape index (κ2) is 9.27. The number of aromatic nitrogens is 4. The molecule has 3 aromatic rings. The minimum Gasteiger partial charge on any atom is -0.339 e. The summed E-state index contributed by atoms with van der Waals surface area (Å²) in [5, 5.41) is 8.95. The highest BCUT2D eigenvalue weighted by Gasteiger charge is 2.58. The van der Waals surface area contributed by atoms with Crippen LogP contribution in [0.1, 0.15) is 62.6 Å². The van der Waals surface area contributed by atoms with Gasteiger partial charge in [-0.05, 0) is 56.3 Å². The first-order valence-corrected chi connectivity index (χ1v) is 11.2. The molecule has 2 fully saturated rings. The number of nitrogens with zero attached hydrogens (tertiary/aromatic N) is 5. The number of benzene rings is 1. The summed E-state index contributed by atoms with van der Waals surface area (Å²) in [6, 6.07) is 7.56. The van der Waals surface area contributed by atoms with Gasteiger partial charge in [-0.1, -0.05) is 47.4 Å². The van der Waals surface area contributed by atoms with Gasteiger partial charge in [-0.2, -0.15) is 9.97 Å². The molecular weight excluding hydrogens is 437 g/mol. The summed E-state index contributed by atoms with van der Waals surface area (Å²) in [5.41, 5.74) is 1.19.